The third kappa shape index (κ3) is 3.51. The fraction of sp³-hybridized carbons (Fsp3) is 0.348. The van der Waals surface area contributed by atoms with Crippen LogP contribution in [0.25, 0.3) is 10.8 Å². The zero-order valence-corrected chi connectivity index (χ0v) is 16.9. The van der Waals surface area contributed by atoms with Crippen LogP contribution in [-0.2, 0) is 6.54 Å². The number of amides is 1. The molecule has 0 bridgehead atoms. The van der Waals surface area contributed by atoms with Gasteiger partial charge in [0.05, 0.1) is 0 Å². The molecule has 0 aliphatic carbocycles. The highest BCUT2D eigenvalue weighted by Crippen LogP contribution is 2.32. The van der Waals surface area contributed by atoms with Crippen molar-refractivity contribution in [1.29, 1.82) is 0 Å². The summed E-state index contributed by atoms with van der Waals surface area (Å²) < 4.78 is 10.7. The lowest BCUT2D eigenvalue weighted by molar-refractivity contribution is 0.0946. The van der Waals surface area contributed by atoms with E-state index in [1.54, 1.807) is 0 Å². The summed E-state index contributed by atoms with van der Waals surface area (Å²) in [6.45, 7) is 4.83. The van der Waals surface area contributed by atoms with Crippen molar-refractivity contribution in [1.82, 2.24) is 15.5 Å². The van der Waals surface area contributed by atoms with Crippen molar-refractivity contribution in [3.05, 3.63) is 53.7 Å². The van der Waals surface area contributed by atoms with Gasteiger partial charge in [0, 0.05) is 30.4 Å². The van der Waals surface area contributed by atoms with Gasteiger partial charge in [-0.05, 0) is 36.5 Å². The molecule has 1 saturated heterocycles. The molecule has 0 atom stereocenters. The number of aromatic nitrogens is 2. The van der Waals surface area contributed by atoms with Crippen LogP contribution < -0.4 is 19.7 Å². The van der Waals surface area contributed by atoms with Crippen molar-refractivity contribution in [2.45, 2.75) is 26.3 Å². The zero-order valence-electron chi connectivity index (χ0n) is 16.9. The van der Waals surface area contributed by atoms with Gasteiger partial charge in [-0.1, -0.05) is 37.3 Å². The predicted molar refractivity (Wildman–Crippen MR) is 114 cm³/mol. The van der Waals surface area contributed by atoms with Gasteiger partial charge < -0.3 is 19.7 Å². The molecule has 5 rings (SSSR count). The van der Waals surface area contributed by atoms with Gasteiger partial charge in [-0.2, -0.15) is 0 Å². The number of carbonyl (C=O) groups is 1. The van der Waals surface area contributed by atoms with E-state index in [9.17, 15) is 4.79 Å². The Labute approximate surface area is 175 Å². The van der Waals surface area contributed by atoms with Crippen molar-refractivity contribution in [2.75, 3.05) is 24.8 Å². The number of nitrogens with one attached hydrogen (secondary N) is 1. The van der Waals surface area contributed by atoms with Crippen molar-refractivity contribution >= 4 is 22.5 Å². The zero-order chi connectivity index (χ0) is 20.5. The molecule has 3 heterocycles. The maximum absolute atomic E-state index is 12.9. The van der Waals surface area contributed by atoms with Crippen LogP contribution in [0.2, 0.25) is 0 Å². The number of benzene rings is 2. The van der Waals surface area contributed by atoms with Gasteiger partial charge in [-0.15, -0.1) is 10.2 Å². The summed E-state index contributed by atoms with van der Waals surface area (Å²) in [7, 11) is 0. The fourth-order valence-corrected chi connectivity index (χ4v) is 4.03. The minimum atomic E-state index is -0.241. The molecule has 1 fully saturated rings. The van der Waals surface area contributed by atoms with Crippen molar-refractivity contribution in [2.24, 2.45) is 5.92 Å². The number of fused-ring (bicyclic) bond motifs is 2. The molecule has 7 heteroatoms. The van der Waals surface area contributed by atoms with Gasteiger partial charge in [0.15, 0.2) is 23.0 Å². The summed E-state index contributed by atoms with van der Waals surface area (Å²) in [4.78, 5) is 15.2. The van der Waals surface area contributed by atoms with Gasteiger partial charge >= 0.3 is 0 Å². The molecule has 0 unspecified atom stereocenters. The molecule has 2 aromatic carbocycles. The maximum atomic E-state index is 12.9. The number of rotatable bonds is 4. The smallest absolute Gasteiger partial charge is 0.272 e. The van der Waals surface area contributed by atoms with Crippen LogP contribution in [0.4, 0.5) is 5.82 Å². The molecule has 2 aliphatic rings. The number of hydrogen-bond acceptors (Lipinski definition) is 6. The lowest BCUT2D eigenvalue weighted by atomic mass is 9.99. The highest BCUT2D eigenvalue weighted by molar-refractivity contribution is 6.07. The predicted octanol–water partition coefficient (Wildman–Crippen LogP) is 3.52. The Morgan fingerprint density at radius 2 is 1.83 bits per heavy atom. The third-order valence-electron chi connectivity index (χ3n) is 5.86. The number of ether oxygens (including phenoxy) is 2. The Morgan fingerprint density at radius 3 is 2.67 bits per heavy atom. The second-order valence-corrected chi connectivity index (χ2v) is 7.96. The molecule has 0 saturated carbocycles. The van der Waals surface area contributed by atoms with E-state index in [4.69, 9.17) is 9.47 Å². The highest BCUT2D eigenvalue weighted by atomic mass is 16.7. The summed E-state index contributed by atoms with van der Waals surface area (Å²) in [5.41, 5.74) is 1.28. The minimum Gasteiger partial charge on any atom is -0.454 e. The van der Waals surface area contributed by atoms with Crippen LogP contribution in [0.3, 0.4) is 0 Å². The number of piperidine rings is 1. The molecule has 0 spiro atoms. The Balaban J connectivity index is 1.37. The first-order chi connectivity index (χ1) is 14.7. The summed E-state index contributed by atoms with van der Waals surface area (Å²) in [5, 5.41) is 13.5. The number of carbonyl (C=O) groups excluding carboxylic acids is 1. The van der Waals surface area contributed by atoms with Crippen LogP contribution in [0.1, 0.15) is 35.8 Å². The van der Waals surface area contributed by atoms with Crippen LogP contribution in [0.5, 0.6) is 11.5 Å². The van der Waals surface area contributed by atoms with E-state index in [2.05, 4.69) is 27.3 Å². The van der Waals surface area contributed by atoms with E-state index in [0.717, 1.165) is 59.8 Å². The molecule has 1 amide bonds. The fourth-order valence-electron chi connectivity index (χ4n) is 4.03. The normalized spacial score (nSPS) is 16.1. The quantitative estimate of drug-likeness (QED) is 0.717. The topological polar surface area (TPSA) is 76.6 Å². The number of nitrogens with zero attached hydrogens (tertiary/aromatic N) is 3. The van der Waals surface area contributed by atoms with Crippen molar-refractivity contribution in [3.63, 3.8) is 0 Å². The molecule has 1 N–H and O–H groups in total. The third-order valence-corrected chi connectivity index (χ3v) is 5.86. The summed E-state index contributed by atoms with van der Waals surface area (Å²) in [6.07, 6.45) is 2.29. The molecule has 7 nitrogen and oxygen atoms in total. The van der Waals surface area contributed by atoms with Gasteiger partial charge in [0.25, 0.3) is 5.91 Å². The first-order valence-corrected chi connectivity index (χ1v) is 10.4. The van der Waals surface area contributed by atoms with Crippen LogP contribution in [0.15, 0.2) is 42.5 Å². The van der Waals surface area contributed by atoms with Crippen LogP contribution >= 0.6 is 0 Å². The second-order valence-electron chi connectivity index (χ2n) is 7.96. The van der Waals surface area contributed by atoms with E-state index >= 15 is 0 Å². The van der Waals surface area contributed by atoms with E-state index in [0.29, 0.717) is 18.0 Å². The lowest BCUT2D eigenvalue weighted by Gasteiger charge is -2.31. The molecule has 1 aromatic heterocycles. The van der Waals surface area contributed by atoms with E-state index in [-0.39, 0.29) is 12.7 Å². The Hall–Kier alpha value is -3.35. The second kappa shape index (κ2) is 7.82. The molecular weight excluding hydrogens is 380 g/mol. The number of hydrogen-bond donors (Lipinski definition) is 1. The van der Waals surface area contributed by atoms with Crippen LogP contribution in [0, 0.1) is 5.92 Å². The largest absolute Gasteiger partial charge is 0.454 e. The molecule has 0 radical (unpaired) electrons. The lowest BCUT2D eigenvalue weighted by Crippen LogP contribution is -2.34. The Morgan fingerprint density at radius 1 is 1.07 bits per heavy atom. The minimum absolute atomic E-state index is 0.231. The number of anilines is 1. The first-order valence-electron chi connectivity index (χ1n) is 10.4. The van der Waals surface area contributed by atoms with Gasteiger partial charge in [0.2, 0.25) is 6.79 Å². The molecular formula is C23H24N4O3. The Kier molecular flexibility index (Phi) is 4.86. The van der Waals surface area contributed by atoms with E-state index in [1.165, 1.54) is 0 Å². The molecule has 30 heavy (non-hydrogen) atoms. The highest BCUT2D eigenvalue weighted by Gasteiger charge is 2.22. The first kappa shape index (κ1) is 18.7. The summed E-state index contributed by atoms with van der Waals surface area (Å²) in [5.74, 6) is 2.79. The van der Waals surface area contributed by atoms with Crippen molar-refractivity contribution < 1.29 is 14.3 Å². The standard InChI is InChI=1S/C23H24N4O3/c1-15-8-10-27(11-9-15)22-18-5-3-2-4-17(18)21(25-26-22)23(28)24-13-16-6-7-19-20(12-16)30-14-29-19/h2-7,12,15H,8-11,13-14H2,1H3,(H,24,28). The Bertz CT molecular complexity index is 1090. The SMILES string of the molecule is CC1CCN(c2nnc(C(=O)NCc3ccc4c(c3)OCO4)c3ccccc23)CC1. The average Bonchev–Trinajstić information content (AvgIpc) is 3.25. The molecule has 3 aromatic rings. The monoisotopic (exact) mass is 404 g/mol. The molecule has 2 aliphatic heterocycles. The summed E-state index contributed by atoms with van der Waals surface area (Å²) >= 11 is 0. The van der Waals surface area contributed by atoms with E-state index in [1.807, 2.05) is 42.5 Å². The average molecular weight is 404 g/mol. The van der Waals surface area contributed by atoms with Crippen LogP contribution in [-0.4, -0.2) is 36.0 Å². The van der Waals surface area contributed by atoms with Gasteiger partial charge in [-0.3, -0.25) is 4.79 Å². The molecule has 154 valence electrons. The van der Waals surface area contributed by atoms with Crippen molar-refractivity contribution in [3.8, 4) is 11.5 Å². The van der Waals surface area contributed by atoms with E-state index < -0.39 is 0 Å². The van der Waals surface area contributed by atoms with Gasteiger partial charge in [0.1, 0.15) is 0 Å². The maximum Gasteiger partial charge on any atom is 0.272 e. The summed E-state index contributed by atoms with van der Waals surface area (Å²) in [6, 6.07) is 13.5. The van der Waals surface area contributed by atoms with Gasteiger partial charge in [-0.25, -0.2) is 0 Å².